The molecule has 0 bridgehead atoms. The maximum atomic E-state index is 13.4. The van der Waals surface area contributed by atoms with Crippen LogP contribution in [0.5, 0.6) is 0 Å². The van der Waals surface area contributed by atoms with Crippen LogP contribution in [0.25, 0.3) is 22.0 Å². The van der Waals surface area contributed by atoms with Crippen LogP contribution < -0.4 is 5.32 Å². The summed E-state index contributed by atoms with van der Waals surface area (Å²) in [6.45, 7) is 2.65. The molecule has 0 spiro atoms. The van der Waals surface area contributed by atoms with Gasteiger partial charge in [-0.1, -0.05) is 0 Å². The Labute approximate surface area is 186 Å². The summed E-state index contributed by atoms with van der Waals surface area (Å²) < 4.78 is 20.8. The summed E-state index contributed by atoms with van der Waals surface area (Å²) in [6.07, 6.45) is 8.20. The Balaban J connectivity index is 1.40. The Kier molecular flexibility index (Phi) is 5.50. The van der Waals surface area contributed by atoms with Crippen LogP contribution in [0.2, 0.25) is 0 Å². The van der Waals surface area contributed by atoms with Gasteiger partial charge in [0.2, 0.25) is 0 Å². The molecule has 0 aromatic carbocycles. The summed E-state index contributed by atoms with van der Waals surface area (Å²) in [5, 5.41) is 16.6. The molecule has 1 fully saturated rings. The highest BCUT2D eigenvalue weighted by Gasteiger charge is 2.32. The van der Waals surface area contributed by atoms with Crippen LogP contribution in [0.3, 0.4) is 0 Å². The van der Waals surface area contributed by atoms with E-state index in [9.17, 15) is 9.18 Å². The summed E-state index contributed by atoms with van der Waals surface area (Å²) >= 11 is 1.36. The van der Waals surface area contributed by atoms with Gasteiger partial charge in [0.05, 0.1) is 35.9 Å². The zero-order chi connectivity index (χ0) is 22.1. The quantitative estimate of drug-likeness (QED) is 0.439. The monoisotopic (exact) mass is 453 g/mol. The molecule has 164 valence electrons. The maximum Gasteiger partial charge on any atom is 0.275 e. The van der Waals surface area contributed by atoms with Crippen LogP contribution in [0.1, 0.15) is 36.3 Å². The molecule has 2 N–H and O–H groups in total. The van der Waals surface area contributed by atoms with Gasteiger partial charge in [-0.05, 0) is 31.9 Å². The van der Waals surface area contributed by atoms with Gasteiger partial charge in [0.1, 0.15) is 22.2 Å². The smallest absolute Gasteiger partial charge is 0.275 e. The van der Waals surface area contributed by atoms with Crippen molar-refractivity contribution in [2.75, 3.05) is 11.9 Å². The zero-order valence-electron chi connectivity index (χ0n) is 17.2. The zero-order valence-corrected chi connectivity index (χ0v) is 18.0. The second-order valence-corrected chi connectivity index (χ2v) is 8.27. The number of pyridine rings is 1. The van der Waals surface area contributed by atoms with E-state index in [2.05, 4.69) is 30.6 Å². The minimum atomic E-state index is -0.438. The molecule has 11 heteroatoms. The molecule has 0 radical (unpaired) electrons. The van der Waals surface area contributed by atoms with Gasteiger partial charge in [-0.25, -0.2) is 9.37 Å². The fourth-order valence-corrected chi connectivity index (χ4v) is 4.35. The number of carbonyl (C=O) groups excluding carboxylic acids is 1. The highest BCUT2D eigenvalue weighted by Crippen LogP contribution is 2.37. The summed E-state index contributed by atoms with van der Waals surface area (Å²) in [7, 11) is 0. The van der Waals surface area contributed by atoms with E-state index in [-0.39, 0.29) is 23.7 Å². The Morgan fingerprint density at radius 2 is 2.25 bits per heavy atom. The first-order valence-electron chi connectivity index (χ1n) is 10.2. The molecule has 1 aliphatic carbocycles. The van der Waals surface area contributed by atoms with Crippen LogP contribution in [-0.4, -0.2) is 48.6 Å². The number of carbonyl (C=O) groups is 1. The third kappa shape index (κ3) is 4.04. The summed E-state index contributed by atoms with van der Waals surface area (Å²) in [5.74, 6) is -0.800. The van der Waals surface area contributed by atoms with Crippen LogP contribution >= 0.6 is 11.3 Å². The number of halogens is 1. The lowest BCUT2D eigenvalue weighted by Gasteiger charge is -2.34. The van der Waals surface area contributed by atoms with Gasteiger partial charge < -0.3 is 10.1 Å². The molecule has 4 aromatic heterocycles. The number of aromatic nitrogens is 6. The highest BCUT2D eigenvalue weighted by molar-refractivity contribution is 7.13. The molecule has 1 amide bonds. The minimum absolute atomic E-state index is 0.170. The second kappa shape index (κ2) is 8.60. The lowest BCUT2D eigenvalue weighted by atomic mass is 9.89. The van der Waals surface area contributed by atoms with E-state index >= 15 is 0 Å². The Morgan fingerprint density at radius 1 is 1.38 bits per heavy atom. The maximum absolute atomic E-state index is 13.4. The second-order valence-electron chi connectivity index (χ2n) is 7.41. The van der Waals surface area contributed by atoms with Gasteiger partial charge in [0.15, 0.2) is 0 Å². The number of thiazole rings is 1. The molecule has 0 unspecified atom stereocenters. The van der Waals surface area contributed by atoms with Crippen molar-refractivity contribution in [2.45, 2.75) is 31.9 Å². The lowest BCUT2D eigenvalue weighted by Crippen LogP contribution is -2.33. The number of nitrogens with zero attached hydrogens (tertiary/aromatic N) is 5. The first-order chi connectivity index (χ1) is 15.6. The summed E-state index contributed by atoms with van der Waals surface area (Å²) in [5.41, 5.74) is 2.54. The average Bonchev–Trinajstić information content (AvgIpc) is 3.51. The van der Waals surface area contributed by atoms with Crippen molar-refractivity contribution in [1.29, 1.82) is 0 Å². The number of H-pyrrole nitrogens is 1. The van der Waals surface area contributed by atoms with Crippen LogP contribution in [0.15, 0.2) is 42.3 Å². The predicted octanol–water partition coefficient (Wildman–Crippen LogP) is 3.92. The molecule has 0 saturated heterocycles. The Bertz CT molecular complexity index is 1210. The van der Waals surface area contributed by atoms with E-state index in [1.807, 2.05) is 11.6 Å². The standard InChI is InChI=1S/C21H20FN7O2S/c1-2-31-15-5-14(6-15)29-10-17(19(28-29)16-4-3-13(22)9-23-16)26-20(30)18-11-32-21(27-18)12-7-24-25-8-12/h3-4,7-11,14-15H,2,5-6H2,1H3,(H,24,25)(H,26,30)/t14-,15-. The molecule has 4 aromatic rings. The molecule has 4 heterocycles. The molecular weight excluding hydrogens is 433 g/mol. The van der Waals surface area contributed by atoms with E-state index in [0.29, 0.717) is 28.7 Å². The third-order valence-corrected chi connectivity index (χ3v) is 6.17. The lowest BCUT2D eigenvalue weighted by molar-refractivity contribution is -0.0226. The van der Waals surface area contributed by atoms with Crippen molar-refractivity contribution in [3.63, 3.8) is 0 Å². The van der Waals surface area contributed by atoms with Crippen molar-refractivity contribution in [3.8, 4) is 22.0 Å². The SMILES string of the molecule is CCO[C@H]1C[C@H](n2cc(NC(=O)c3csc(-c4cn[nH]c4)n3)c(-c3ccc(F)cn3)n2)C1. The normalized spacial score (nSPS) is 17.8. The predicted molar refractivity (Wildman–Crippen MR) is 117 cm³/mol. The third-order valence-electron chi connectivity index (χ3n) is 5.28. The molecule has 9 nitrogen and oxygen atoms in total. The average molecular weight is 454 g/mol. The molecule has 0 aliphatic heterocycles. The molecule has 1 aliphatic rings. The first kappa shape index (κ1) is 20.5. The van der Waals surface area contributed by atoms with Gasteiger partial charge >= 0.3 is 0 Å². The van der Waals surface area contributed by atoms with Gasteiger partial charge in [0, 0.05) is 29.9 Å². The Morgan fingerprint density at radius 3 is 2.97 bits per heavy atom. The van der Waals surface area contributed by atoms with Gasteiger partial charge in [-0.2, -0.15) is 10.2 Å². The van der Waals surface area contributed by atoms with Gasteiger partial charge in [0.25, 0.3) is 5.91 Å². The van der Waals surface area contributed by atoms with E-state index in [0.717, 1.165) is 24.6 Å². The number of anilines is 1. The van der Waals surface area contributed by atoms with Crippen molar-refractivity contribution in [1.82, 2.24) is 29.9 Å². The van der Waals surface area contributed by atoms with E-state index < -0.39 is 5.82 Å². The number of ether oxygens (including phenoxy) is 1. The van der Waals surface area contributed by atoms with Crippen LogP contribution in [0, 0.1) is 5.82 Å². The topological polar surface area (TPSA) is 111 Å². The van der Waals surface area contributed by atoms with Crippen molar-refractivity contribution in [3.05, 3.63) is 53.8 Å². The van der Waals surface area contributed by atoms with Crippen molar-refractivity contribution in [2.24, 2.45) is 0 Å². The van der Waals surface area contributed by atoms with Crippen molar-refractivity contribution >= 4 is 22.9 Å². The molecule has 1 saturated carbocycles. The number of nitrogens with one attached hydrogen (secondary N) is 2. The van der Waals surface area contributed by atoms with Gasteiger partial charge in [-0.15, -0.1) is 11.3 Å². The van der Waals surface area contributed by atoms with Crippen LogP contribution in [-0.2, 0) is 4.74 Å². The molecule has 5 rings (SSSR count). The Hall–Kier alpha value is -3.44. The molecule has 0 atom stereocenters. The number of rotatable bonds is 7. The number of hydrogen-bond donors (Lipinski definition) is 2. The number of hydrogen-bond acceptors (Lipinski definition) is 7. The van der Waals surface area contributed by atoms with E-state index in [1.54, 1.807) is 30.0 Å². The fraction of sp³-hybridized carbons (Fsp3) is 0.286. The van der Waals surface area contributed by atoms with Crippen LogP contribution in [0.4, 0.5) is 10.1 Å². The summed E-state index contributed by atoms with van der Waals surface area (Å²) in [4.78, 5) is 21.4. The molecule has 32 heavy (non-hydrogen) atoms. The minimum Gasteiger partial charge on any atom is -0.378 e. The van der Waals surface area contributed by atoms with E-state index in [4.69, 9.17) is 4.74 Å². The summed E-state index contributed by atoms with van der Waals surface area (Å²) in [6, 6.07) is 3.03. The van der Waals surface area contributed by atoms with Gasteiger partial charge in [-0.3, -0.25) is 19.6 Å². The van der Waals surface area contributed by atoms with E-state index in [1.165, 1.54) is 17.4 Å². The van der Waals surface area contributed by atoms with Crippen molar-refractivity contribution < 1.29 is 13.9 Å². The number of aromatic amines is 1. The number of amides is 1. The highest BCUT2D eigenvalue weighted by atomic mass is 32.1. The fourth-order valence-electron chi connectivity index (χ4n) is 3.57. The first-order valence-corrected chi connectivity index (χ1v) is 11.1. The molecular formula is C21H20FN7O2S. The largest absolute Gasteiger partial charge is 0.378 e.